The fourth-order valence-corrected chi connectivity index (χ4v) is 4.02. The Balaban J connectivity index is 2.37. The third kappa shape index (κ3) is 6.98. The number of rotatable bonds is 9. The zero-order chi connectivity index (χ0) is 24.8. The van der Waals surface area contributed by atoms with E-state index in [0.29, 0.717) is 28.7 Å². The van der Waals surface area contributed by atoms with E-state index in [9.17, 15) is 9.59 Å². The van der Waals surface area contributed by atoms with Gasteiger partial charge in [0, 0.05) is 18.2 Å². The van der Waals surface area contributed by atoms with Gasteiger partial charge in [0.25, 0.3) is 0 Å². The number of benzene rings is 2. The molecule has 33 heavy (non-hydrogen) atoms. The van der Waals surface area contributed by atoms with E-state index in [1.165, 1.54) is 7.11 Å². The maximum Gasteiger partial charge on any atom is 0.337 e. The fourth-order valence-electron chi connectivity index (χ4n) is 4.02. The van der Waals surface area contributed by atoms with Crippen molar-refractivity contribution < 1.29 is 23.8 Å². The summed E-state index contributed by atoms with van der Waals surface area (Å²) in [7, 11) is 4.58. The van der Waals surface area contributed by atoms with Gasteiger partial charge in [0.2, 0.25) is 5.91 Å². The Morgan fingerprint density at radius 1 is 0.970 bits per heavy atom. The lowest BCUT2D eigenvalue weighted by Crippen LogP contribution is -2.21. The first-order valence-electron chi connectivity index (χ1n) is 11.2. The normalized spacial score (nSPS) is 12.3. The van der Waals surface area contributed by atoms with Crippen LogP contribution in [-0.2, 0) is 14.9 Å². The topological polar surface area (TPSA) is 73.9 Å². The molecule has 1 N–H and O–H groups in total. The number of carbonyl (C=O) groups excluding carboxylic acids is 2. The molecule has 0 aliphatic rings. The molecule has 180 valence electrons. The van der Waals surface area contributed by atoms with Crippen molar-refractivity contribution in [3.63, 3.8) is 0 Å². The highest BCUT2D eigenvalue weighted by atomic mass is 16.5. The molecule has 0 heterocycles. The van der Waals surface area contributed by atoms with Gasteiger partial charge in [-0.3, -0.25) is 4.79 Å². The third-order valence-electron chi connectivity index (χ3n) is 5.59. The number of methoxy groups -OCH3 is 3. The van der Waals surface area contributed by atoms with Crippen molar-refractivity contribution in [1.29, 1.82) is 0 Å². The highest BCUT2D eigenvalue weighted by Gasteiger charge is 2.24. The second-order valence-corrected chi connectivity index (χ2v) is 9.69. The van der Waals surface area contributed by atoms with Crippen molar-refractivity contribution in [2.75, 3.05) is 26.6 Å². The summed E-state index contributed by atoms with van der Waals surface area (Å²) in [6, 6.07) is 11.0. The number of anilines is 1. The molecule has 0 aromatic heterocycles. The van der Waals surface area contributed by atoms with Gasteiger partial charge >= 0.3 is 5.97 Å². The summed E-state index contributed by atoms with van der Waals surface area (Å²) >= 11 is 0. The van der Waals surface area contributed by atoms with E-state index in [2.05, 4.69) is 39.9 Å². The maximum absolute atomic E-state index is 13.2. The van der Waals surface area contributed by atoms with Crippen molar-refractivity contribution >= 4 is 17.6 Å². The van der Waals surface area contributed by atoms with Crippen LogP contribution in [0.15, 0.2) is 36.4 Å². The largest absolute Gasteiger partial charge is 0.497 e. The van der Waals surface area contributed by atoms with E-state index < -0.39 is 5.97 Å². The molecule has 2 rings (SSSR count). The summed E-state index contributed by atoms with van der Waals surface area (Å²) in [6.45, 7) is 10.5. The average molecular weight is 456 g/mol. The molecule has 2 aromatic rings. The zero-order valence-corrected chi connectivity index (χ0v) is 21.1. The van der Waals surface area contributed by atoms with Crippen LogP contribution in [0.5, 0.6) is 11.5 Å². The predicted octanol–water partition coefficient (Wildman–Crippen LogP) is 5.95. The van der Waals surface area contributed by atoms with Gasteiger partial charge in [0.15, 0.2) is 0 Å². The summed E-state index contributed by atoms with van der Waals surface area (Å²) in [6.07, 6.45) is 1.11. The molecule has 1 amide bonds. The molecule has 0 aliphatic heterocycles. The standard InChI is InChI=1S/C27H37NO5/c1-17(2)13-19(21-11-10-20(31-6)16-24(21)32-7)15-25(29)28-23-14-18(26(30)33-8)9-12-22(23)27(3,4)5/h9-12,14,16-17,19H,13,15H2,1-8H3,(H,28,29). The number of amides is 1. The lowest BCUT2D eigenvalue weighted by atomic mass is 9.84. The molecule has 1 unspecified atom stereocenters. The third-order valence-corrected chi connectivity index (χ3v) is 5.59. The van der Waals surface area contributed by atoms with Crippen LogP contribution in [0.3, 0.4) is 0 Å². The van der Waals surface area contributed by atoms with Crippen molar-refractivity contribution in [1.82, 2.24) is 0 Å². The van der Waals surface area contributed by atoms with Gasteiger partial charge in [-0.15, -0.1) is 0 Å². The summed E-state index contributed by atoms with van der Waals surface area (Å²) in [4.78, 5) is 25.3. The first-order chi connectivity index (χ1) is 15.5. The van der Waals surface area contributed by atoms with Gasteiger partial charge in [-0.05, 0) is 53.0 Å². The number of carbonyl (C=O) groups is 2. The van der Waals surface area contributed by atoms with Crippen LogP contribution in [0.25, 0.3) is 0 Å². The highest BCUT2D eigenvalue weighted by molar-refractivity contribution is 5.96. The van der Waals surface area contributed by atoms with Crippen LogP contribution >= 0.6 is 0 Å². The zero-order valence-electron chi connectivity index (χ0n) is 21.1. The van der Waals surface area contributed by atoms with Gasteiger partial charge in [0.1, 0.15) is 11.5 Å². The van der Waals surface area contributed by atoms with Crippen molar-refractivity contribution in [2.24, 2.45) is 5.92 Å². The smallest absolute Gasteiger partial charge is 0.337 e. The van der Waals surface area contributed by atoms with Crippen LogP contribution in [0.2, 0.25) is 0 Å². The van der Waals surface area contributed by atoms with Crippen LogP contribution in [0, 0.1) is 5.92 Å². The van der Waals surface area contributed by atoms with Gasteiger partial charge in [-0.25, -0.2) is 4.79 Å². The summed E-state index contributed by atoms with van der Waals surface area (Å²) < 4.78 is 15.8. The van der Waals surface area contributed by atoms with E-state index in [4.69, 9.17) is 14.2 Å². The maximum atomic E-state index is 13.2. The van der Waals surface area contributed by atoms with Crippen LogP contribution in [0.1, 0.15) is 74.9 Å². The molecule has 0 radical (unpaired) electrons. The van der Waals surface area contributed by atoms with E-state index in [-0.39, 0.29) is 23.7 Å². The first-order valence-corrected chi connectivity index (χ1v) is 11.2. The molecule has 0 bridgehead atoms. The molecular formula is C27H37NO5. The molecule has 2 aromatic carbocycles. The average Bonchev–Trinajstić information content (AvgIpc) is 2.76. The molecule has 0 saturated carbocycles. The van der Waals surface area contributed by atoms with E-state index >= 15 is 0 Å². The van der Waals surface area contributed by atoms with Crippen LogP contribution in [0.4, 0.5) is 5.69 Å². The SMILES string of the molecule is COC(=O)c1ccc(C(C)(C)C)c(NC(=O)CC(CC(C)C)c2ccc(OC)cc2OC)c1. The minimum Gasteiger partial charge on any atom is -0.497 e. The summed E-state index contributed by atoms with van der Waals surface area (Å²) in [5, 5.41) is 3.06. The number of esters is 1. The van der Waals surface area contributed by atoms with Crippen LogP contribution < -0.4 is 14.8 Å². The summed E-state index contributed by atoms with van der Waals surface area (Å²) in [5.74, 6) is 1.21. The highest BCUT2D eigenvalue weighted by Crippen LogP contribution is 2.37. The Morgan fingerprint density at radius 3 is 2.21 bits per heavy atom. The van der Waals surface area contributed by atoms with Gasteiger partial charge < -0.3 is 19.5 Å². The molecule has 0 fully saturated rings. The van der Waals surface area contributed by atoms with Crippen molar-refractivity contribution in [3.8, 4) is 11.5 Å². The lowest BCUT2D eigenvalue weighted by molar-refractivity contribution is -0.116. The Morgan fingerprint density at radius 2 is 1.67 bits per heavy atom. The number of ether oxygens (including phenoxy) is 3. The molecule has 6 nitrogen and oxygen atoms in total. The molecular weight excluding hydrogens is 418 g/mol. The molecule has 0 spiro atoms. The van der Waals surface area contributed by atoms with E-state index in [0.717, 1.165) is 17.5 Å². The number of hydrogen-bond acceptors (Lipinski definition) is 5. The Hall–Kier alpha value is -3.02. The Kier molecular flexibility index (Phi) is 8.91. The van der Waals surface area contributed by atoms with E-state index in [1.807, 2.05) is 24.3 Å². The summed E-state index contributed by atoms with van der Waals surface area (Å²) in [5.41, 5.74) is 2.73. The van der Waals surface area contributed by atoms with Crippen molar-refractivity contribution in [3.05, 3.63) is 53.1 Å². The van der Waals surface area contributed by atoms with Crippen molar-refractivity contribution in [2.45, 2.75) is 58.8 Å². The minimum absolute atomic E-state index is 0.0345. The van der Waals surface area contributed by atoms with Gasteiger partial charge in [-0.2, -0.15) is 0 Å². The monoisotopic (exact) mass is 455 g/mol. The molecule has 6 heteroatoms. The minimum atomic E-state index is -0.438. The Labute approximate surface area is 197 Å². The lowest BCUT2D eigenvalue weighted by Gasteiger charge is -2.25. The predicted molar refractivity (Wildman–Crippen MR) is 131 cm³/mol. The van der Waals surface area contributed by atoms with E-state index in [1.54, 1.807) is 26.4 Å². The number of nitrogens with one attached hydrogen (secondary N) is 1. The second kappa shape index (κ2) is 11.2. The van der Waals surface area contributed by atoms with Crippen LogP contribution in [-0.4, -0.2) is 33.2 Å². The molecule has 0 saturated heterocycles. The number of hydrogen-bond donors (Lipinski definition) is 1. The fraction of sp³-hybridized carbons (Fsp3) is 0.481. The first kappa shape index (κ1) is 26.2. The van der Waals surface area contributed by atoms with Gasteiger partial charge in [-0.1, -0.05) is 46.8 Å². The second-order valence-electron chi connectivity index (χ2n) is 9.69. The molecule has 1 atom stereocenters. The Bertz CT molecular complexity index is 975. The molecule has 0 aliphatic carbocycles. The quantitative estimate of drug-likeness (QED) is 0.473. The van der Waals surface area contributed by atoms with Gasteiger partial charge in [0.05, 0.1) is 26.9 Å².